The molecule has 0 saturated carbocycles. The van der Waals surface area contributed by atoms with Gasteiger partial charge in [-0.15, -0.1) is 0 Å². The average molecular weight is 461 g/mol. The molecule has 0 radical (unpaired) electrons. The van der Waals surface area contributed by atoms with Gasteiger partial charge in [0, 0.05) is 24.5 Å². The molecule has 6 nitrogen and oxygen atoms in total. The third-order valence-electron chi connectivity index (χ3n) is 5.71. The van der Waals surface area contributed by atoms with Gasteiger partial charge in [0.2, 0.25) is 0 Å². The number of amides is 2. The highest BCUT2D eigenvalue weighted by atomic mass is 32.2. The molecule has 0 saturated heterocycles. The molecule has 0 atom stereocenters. The number of benzene rings is 2. The average Bonchev–Trinajstić information content (AvgIpc) is 3.02. The van der Waals surface area contributed by atoms with E-state index >= 15 is 0 Å². The zero-order chi connectivity index (χ0) is 23.1. The van der Waals surface area contributed by atoms with Crippen LogP contribution in [0.25, 0.3) is 0 Å². The molecule has 0 N–H and O–H groups in total. The summed E-state index contributed by atoms with van der Waals surface area (Å²) in [5.41, 5.74) is 4.07. The second kappa shape index (κ2) is 8.44. The number of rotatable bonds is 4. The van der Waals surface area contributed by atoms with E-state index < -0.39 is 17.6 Å². The molecule has 1 aromatic heterocycles. The van der Waals surface area contributed by atoms with Gasteiger partial charge in [-0.25, -0.2) is 19.3 Å². The molecule has 8 heteroatoms. The number of aromatic nitrogens is 2. The molecule has 2 aliphatic heterocycles. The summed E-state index contributed by atoms with van der Waals surface area (Å²) in [6.45, 7) is 4.77. The molecule has 166 valence electrons. The summed E-state index contributed by atoms with van der Waals surface area (Å²) < 4.78 is 14.6. The lowest BCUT2D eigenvalue weighted by Gasteiger charge is -2.31. The number of imide groups is 1. The first kappa shape index (κ1) is 21.3. The SMILES string of the molecule is Cc1cc(C)nc(SC2=C(N3CCc4ccccc4C3)C(=O)N(c3ccccc3F)C2=O)n1. The Morgan fingerprint density at radius 1 is 0.909 bits per heavy atom. The predicted octanol–water partition coefficient (Wildman–Crippen LogP) is 4.17. The molecule has 3 aromatic rings. The number of carbonyl (C=O) groups excluding carboxylic acids is 2. The van der Waals surface area contributed by atoms with E-state index in [1.165, 1.54) is 23.8 Å². The van der Waals surface area contributed by atoms with Gasteiger partial charge in [-0.3, -0.25) is 9.59 Å². The van der Waals surface area contributed by atoms with Crippen molar-refractivity contribution in [1.29, 1.82) is 0 Å². The molecular weight excluding hydrogens is 439 g/mol. The Kier molecular flexibility index (Phi) is 5.46. The van der Waals surface area contributed by atoms with Crippen molar-refractivity contribution in [3.8, 4) is 0 Å². The number of para-hydroxylation sites is 1. The molecule has 3 heterocycles. The Labute approximate surface area is 195 Å². The Morgan fingerprint density at radius 2 is 1.58 bits per heavy atom. The summed E-state index contributed by atoms with van der Waals surface area (Å²) in [6.07, 6.45) is 0.749. The Balaban J connectivity index is 1.59. The van der Waals surface area contributed by atoms with Gasteiger partial charge in [0.1, 0.15) is 16.4 Å². The highest BCUT2D eigenvalue weighted by Gasteiger charge is 2.44. The number of hydrogen-bond donors (Lipinski definition) is 0. The third-order valence-corrected chi connectivity index (χ3v) is 6.65. The zero-order valence-corrected chi connectivity index (χ0v) is 19.0. The van der Waals surface area contributed by atoms with Gasteiger partial charge in [0.15, 0.2) is 5.16 Å². The van der Waals surface area contributed by atoms with Gasteiger partial charge in [0.25, 0.3) is 11.8 Å². The predicted molar refractivity (Wildman–Crippen MR) is 124 cm³/mol. The quantitative estimate of drug-likeness (QED) is 0.430. The highest BCUT2D eigenvalue weighted by molar-refractivity contribution is 8.04. The van der Waals surface area contributed by atoms with Crippen molar-refractivity contribution in [2.45, 2.75) is 32.0 Å². The first-order valence-electron chi connectivity index (χ1n) is 10.6. The van der Waals surface area contributed by atoms with Crippen LogP contribution in [0.4, 0.5) is 10.1 Å². The molecule has 0 aliphatic carbocycles. The van der Waals surface area contributed by atoms with E-state index in [1.54, 1.807) is 6.07 Å². The second-order valence-corrected chi connectivity index (χ2v) is 9.03. The summed E-state index contributed by atoms with van der Waals surface area (Å²) in [4.78, 5) is 39.0. The molecule has 2 amide bonds. The summed E-state index contributed by atoms with van der Waals surface area (Å²) in [5.74, 6) is -1.72. The van der Waals surface area contributed by atoms with Crippen molar-refractivity contribution in [3.63, 3.8) is 0 Å². The van der Waals surface area contributed by atoms with Crippen LogP contribution in [0.1, 0.15) is 22.5 Å². The number of thioether (sulfide) groups is 1. The minimum Gasteiger partial charge on any atom is -0.361 e. The van der Waals surface area contributed by atoms with Crippen LogP contribution >= 0.6 is 11.8 Å². The van der Waals surface area contributed by atoms with E-state index in [1.807, 2.05) is 43.0 Å². The van der Waals surface area contributed by atoms with Crippen LogP contribution in [0.3, 0.4) is 0 Å². The van der Waals surface area contributed by atoms with E-state index in [0.717, 1.165) is 40.0 Å². The van der Waals surface area contributed by atoms with Crippen LogP contribution in [0, 0.1) is 19.7 Å². The fourth-order valence-electron chi connectivity index (χ4n) is 4.24. The van der Waals surface area contributed by atoms with Crippen LogP contribution in [0.15, 0.2) is 70.4 Å². The number of aryl methyl sites for hydroxylation is 2. The molecule has 2 aliphatic rings. The van der Waals surface area contributed by atoms with Gasteiger partial charge < -0.3 is 4.90 Å². The van der Waals surface area contributed by atoms with Crippen molar-refractivity contribution in [2.75, 3.05) is 11.4 Å². The number of fused-ring (bicyclic) bond motifs is 1. The van der Waals surface area contributed by atoms with Crippen LogP contribution < -0.4 is 4.90 Å². The van der Waals surface area contributed by atoms with Crippen molar-refractivity contribution in [1.82, 2.24) is 14.9 Å². The molecular formula is C25H21FN4O2S. The first-order chi connectivity index (χ1) is 15.9. The van der Waals surface area contributed by atoms with E-state index in [2.05, 4.69) is 16.0 Å². The number of hydrogen-bond acceptors (Lipinski definition) is 6. The molecule has 2 aromatic carbocycles. The molecule has 0 bridgehead atoms. The molecule has 33 heavy (non-hydrogen) atoms. The fraction of sp³-hybridized carbons (Fsp3) is 0.200. The van der Waals surface area contributed by atoms with Gasteiger partial charge in [0.05, 0.1) is 5.69 Å². The maximum absolute atomic E-state index is 14.6. The lowest BCUT2D eigenvalue weighted by atomic mass is 9.99. The molecule has 0 unspecified atom stereocenters. The number of halogens is 1. The second-order valence-electron chi connectivity index (χ2n) is 8.05. The van der Waals surface area contributed by atoms with E-state index in [9.17, 15) is 14.0 Å². The van der Waals surface area contributed by atoms with Crippen molar-refractivity contribution >= 4 is 29.3 Å². The van der Waals surface area contributed by atoms with Gasteiger partial charge >= 0.3 is 0 Å². The zero-order valence-electron chi connectivity index (χ0n) is 18.2. The van der Waals surface area contributed by atoms with E-state index in [-0.39, 0.29) is 16.3 Å². The van der Waals surface area contributed by atoms with Crippen molar-refractivity contribution in [3.05, 3.63) is 93.5 Å². The van der Waals surface area contributed by atoms with Gasteiger partial charge in [-0.1, -0.05) is 36.4 Å². The van der Waals surface area contributed by atoms with Crippen LogP contribution in [-0.2, 0) is 22.6 Å². The van der Waals surface area contributed by atoms with E-state index in [4.69, 9.17) is 0 Å². The summed E-state index contributed by atoms with van der Waals surface area (Å²) in [6, 6.07) is 15.7. The lowest BCUT2D eigenvalue weighted by molar-refractivity contribution is -0.121. The van der Waals surface area contributed by atoms with Gasteiger partial charge in [-0.2, -0.15) is 0 Å². The van der Waals surface area contributed by atoms with Crippen LogP contribution in [0.2, 0.25) is 0 Å². The smallest absolute Gasteiger partial charge is 0.283 e. The van der Waals surface area contributed by atoms with Crippen molar-refractivity contribution < 1.29 is 14.0 Å². The van der Waals surface area contributed by atoms with Gasteiger partial charge in [-0.05, 0) is 61.4 Å². The summed E-state index contributed by atoms with van der Waals surface area (Å²) in [5, 5.41) is 0.383. The fourth-order valence-corrected chi connectivity index (χ4v) is 5.29. The highest BCUT2D eigenvalue weighted by Crippen LogP contribution is 2.39. The minimum atomic E-state index is -0.628. The molecule has 0 spiro atoms. The Morgan fingerprint density at radius 3 is 2.30 bits per heavy atom. The van der Waals surface area contributed by atoms with E-state index in [0.29, 0.717) is 18.2 Å². The van der Waals surface area contributed by atoms with Crippen molar-refractivity contribution in [2.24, 2.45) is 0 Å². The number of anilines is 1. The largest absolute Gasteiger partial charge is 0.361 e. The Hall–Kier alpha value is -3.52. The minimum absolute atomic E-state index is 0.0562. The Bertz CT molecular complexity index is 1300. The lowest BCUT2D eigenvalue weighted by Crippen LogP contribution is -2.37. The number of carbonyl (C=O) groups is 2. The standard InChI is InChI=1S/C25H21FN4O2S/c1-15-13-16(2)28-25(27-15)33-22-21(29-12-11-17-7-3-4-8-18(17)14-29)23(31)30(24(22)32)20-10-6-5-9-19(20)26/h3-10,13H,11-12,14H2,1-2H3. The molecule has 0 fully saturated rings. The topological polar surface area (TPSA) is 66.4 Å². The normalized spacial score (nSPS) is 16.0. The van der Waals surface area contributed by atoms with Crippen LogP contribution in [-0.4, -0.2) is 33.2 Å². The summed E-state index contributed by atoms with van der Waals surface area (Å²) in [7, 11) is 0. The number of nitrogens with zero attached hydrogens (tertiary/aromatic N) is 4. The monoisotopic (exact) mass is 460 g/mol. The third kappa shape index (κ3) is 3.91. The molecule has 5 rings (SSSR count). The summed E-state index contributed by atoms with van der Waals surface area (Å²) >= 11 is 1.06. The maximum atomic E-state index is 14.6. The first-order valence-corrected chi connectivity index (χ1v) is 11.4. The maximum Gasteiger partial charge on any atom is 0.283 e. The van der Waals surface area contributed by atoms with Crippen LogP contribution in [0.5, 0.6) is 0 Å².